The highest BCUT2D eigenvalue weighted by atomic mass is 16.6. The van der Waals surface area contributed by atoms with Crippen LogP contribution in [-0.2, 0) is 16.8 Å². The Morgan fingerprint density at radius 3 is 2.49 bits per heavy atom. The molecule has 45 heavy (non-hydrogen) atoms. The van der Waals surface area contributed by atoms with Crippen molar-refractivity contribution in [3.05, 3.63) is 72.4 Å². The lowest BCUT2D eigenvalue weighted by Crippen LogP contribution is -2.54. The summed E-state index contributed by atoms with van der Waals surface area (Å²) in [6.07, 6.45) is 16.0. The van der Waals surface area contributed by atoms with Crippen LogP contribution in [0.25, 0.3) is 11.0 Å². The van der Waals surface area contributed by atoms with Gasteiger partial charge in [0.05, 0.1) is 22.2 Å². The third kappa shape index (κ3) is 6.96. The maximum Gasteiger partial charge on any atom is 0.412 e. The highest BCUT2D eigenvalue weighted by molar-refractivity contribution is 5.86. The van der Waals surface area contributed by atoms with Gasteiger partial charge in [0, 0.05) is 50.6 Å². The summed E-state index contributed by atoms with van der Waals surface area (Å²) in [5, 5.41) is 15.1. The number of hydrogen-bond donors (Lipinski definition) is 4. The number of para-hydroxylation sites is 1. The maximum absolute atomic E-state index is 12.6. The van der Waals surface area contributed by atoms with Crippen LogP contribution in [0.1, 0.15) is 57.7 Å². The van der Waals surface area contributed by atoms with E-state index < -0.39 is 22.8 Å². The molecule has 240 valence electrons. The molecule has 0 atom stereocenters. The number of benzene rings is 1. The molecular formula is C34H47N9O2. The van der Waals surface area contributed by atoms with Crippen molar-refractivity contribution in [1.82, 2.24) is 35.3 Å². The predicted molar refractivity (Wildman–Crippen MR) is 177 cm³/mol. The van der Waals surface area contributed by atoms with E-state index in [1.54, 1.807) is 6.20 Å². The van der Waals surface area contributed by atoms with Crippen LogP contribution in [-0.4, -0.2) is 86.5 Å². The number of fused-ring (bicyclic) bond motifs is 1. The van der Waals surface area contributed by atoms with E-state index in [-0.39, 0.29) is 0 Å². The molecule has 5 N–H and O–H groups in total. The molecule has 0 bridgehead atoms. The van der Waals surface area contributed by atoms with E-state index in [0.29, 0.717) is 24.2 Å². The highest BCUT2D eigenvalue weighted by Gasteiger charge is 2.42. The van der Waals surface area contributed by atoms with Crippen molar-refractivity contribution in [2.24, 2.45) is 11.7 Å². The molecule has 0 unspecified atom stereocenters. The van der Waals surface area contributed by atoms with Gasteiger partial charge in [-0.15, -0.1) is 0 Å². The molecule has 11 heteroatoms. The number of anilines is 1. The van der Waals surface area contributed by atoms with Gasteiger partial charge in [-0.05, 0) is 71.0 Å². The first-order valence-corrected chi connectivity index (χ1v) is 16.1. The fourth-order valence-corrected chi connectivity index (χ4v) is 7.02. The zero-order chi connectivity index (χ0) is 31.7. The van der Waals surface area contributed by atoms with E-state index in [2.05, 4.69) is 72.0 Å². The predicted octanol–water partition coefficient (Wildman–Crippen LogP) is 4.31. The van der Waals surface area contributed by atoms with Gasteiger partial charge in [0.1, 0.15) is 11.9 Å². The second-order valence-electron chi connectivity index (χ2n) is 13.9. The SMILES string of the molecule is CN1CCN(C2CCC(C3(NCc4ccccc4NC(=O)OC(C)(C)C)C=CC(N)(c4[nH]nc5ncncc45)C=C3)CC2)CC1. The van der Waals surface area contributed by atoms with Crippen molar-refractivity contribution in [3.8, 4) is 0 Å². The van der Waals surface area contributed by atoms with Gasteiger partial charge in [-0.25, -0.2) is 14.8 Å². The lowest BCUT2D eigenvalue weighted by Gasteiger charge is -2.46. The first-order valence-electron chi connectivity index (χ1n) is 16.1. The Hall–Kier alpha value is -3.64. The van der Waals surface area contributed by atoms with Gasteiger partial charge in [-0.1, -0.05) is 42.5 Å². The van der Waals surface area contributed by atoms with Crippen LogP contribution >= 0.6 is 0 Å². The van der Waals surface area contributed by atoms with Gasteiger partial charge >= 0.3 is 6.09 Å². The van der Waals surface area contributed by atoms with Crippen molar-refractivity contribution in [3.63, 3.8) is 0 Å². The minimum Gasteiger partial charge on any atom is -0.444 e. The normalized spacial score (nSPS) is 27.9. The Bertz CT molecular complexity index is 1530. The minimum atomic E-state index is -0.877. The van der Waals surface area contributed by atoms with Gasteiger partial charge in [-0.2, -0.15) is 5.10 Å². The zero-order valence-electron chi connectivity index (χ0n) is 26.9. The topological polar surface area (TPSA) is 137 Å². The molecule has 1 saturated heterocycles. The second-order valence-corrected chi connectivity index (χ2v) is 13.9. The summed E-state index contributed by atoms with van der Waals surface area (Å²) < 4.78 is 5.53. The number of amides is 1. The summed E-state index contributed by atoms with van der Waals surface area (Å²) in [4.78, 5) is 26.2. The average Bonchev–Trinajstić information content (AvgIpc) is 3.47. The number of nitrogens with two attached hydrogens (primary N) is 1. The zero-order valence-corrected chi connectivity index (χ0v) is 26.9. The minimum absolute atomic E-state index is 0.381. The molecule has 1 aliphatic heterocycles. The fourth-order valence-electron chi connectivity index (χ4n) is 7.02. The fraction of sp³-hybridized carbons (Fsp3) is 0.529. The van der Waals surface area contributed by atoms with E-state index in [1.807, 2.05) is 45.0 Å². The van der Waals surface area contributed by atoms with E-state index in [9.17, 15) is 4.79 Å². The molecule has 3 aromatic rings. The third-order valence-corrected chi connectivity index (χ3v) is 9.60. The molecule has 11 nitrogen and oxygen atoms in total. The lowest BCUT2D eigenvalue weighted by atomic mass is 9.69. The summed E-state index contributed by atoms with van der Waals surface area (Å²) in [6, 6.07) is 8.50. The number of aromatic amines is 1. The standard InChI is InChI=1S/C34H47N9O2/c1-32(2,3)45-31(44)39-28-8-6-5-7-24(28)21-38-34(25-9-11-26(12-10-25)43-19-17-42(4)18-20-43)15-13-33(35,14-16-34)29-27-22-36-23-37-30(27)41-40-29/h5-8,13-16,22-23,25-26,38H,9-12,17-21,35H2,1-4H3,(H,39,44)(H,36,37,40,41). The number of hydrogen-bond acceptors (Lipinski definition) is 9. The number of aromatic nitrogens is 4. The summed E-state index contributed by atoms with van der Waals surface area (Å²) in [7, 11) is 2.21. The van der Waals surface area contributed by atoms with Crippen LogP contribution in [0.3, 0.4) is 0 Å². The Balaban J connectivity index is 1.23. The van der Waals surface area contributed by atoms with E-state index >= 15 is 0 Å². The number of carbonyl (C=O) groups is 1. The van der Waals surface area contributed by atoms with Gasteiger partial charge in [-0.3, -0.25) is 15.3 Å². The van der Waals surface area contributed by atoms with Crippen molar-refractivity contribution in [2.75, 3.05) is 38.5 Å². The number of piperazine rings is 1. The molecular weight excluding hydrogens is 566 g/mol. The Morgan fingerprint density at radius 1 is 1.07 bits per heavy atom. The lowest BCUT2D eigenvalue weighted by molar-refractivity contribution is 0.0635. The van der Waals surface area contributed by atoms with E-state index in [0.717, 1.165) is 61.4 Å². The van der Waals surface area contributed by atoms with Crippen LogP contribution in [0, 0.1) is 5.92 Å². The number of likely N-dealkylation sites (N-methyl/N-ethyl adjacent to an activating group) is 1. The van der Waals surface area contributed by atoms with Crippen molar-refractivity contribution in [2.45, 2.75) is 75.7 Å². The van der Waals surface area contributed by atoms with Gasteiger partial charge in [0.25, 0.3) is 0 Å². The molecule has 2 fully saturated rings. The number of carbonyl (C=O) groups excluding carboxylic acids is 1. The Labute approximate surface area is 265 Å². The van der Waals surface area contributed by atoms with Crippen LogP contribution < -0.4 is 16.4 Å². The number of H-pyrrole nitrogens is 1. The number of rotatable bonds is 7. The van der Waals surface area contributed by atoms with Gasteiger partial charge < -0.3 is 20.7 Å². The smallest absolute Gasteiger partial charge is 0.412 e. The first-order chi connectivity index (χ1) is 21.5. The highest BCUT2D eigenvalue weighted by Crippen LogP contribution is 2.41. The van der Waals surface area contributed by atoms with Gasteiger partial charge in [0.15, 0.2) is 5.65 Å². The molecule has 2 aliphatic carbocycles. The monoisotopic (exact) mass is 613 g/mol. The Morgan fingerprint density at radius 2 is 1.78 bits per heavy atom. The summed E-state index contributed by atoms with van der Waals surface area (Å²) in [6.45, 7) is 10.7. The third-order valence-electron chi connectivity index (χ3n) is 9.60. The van der Waals surface area contributed by atoms with Crippen LogP contribution in [0.2, 0.25) is 0 Å². The molecule has 0 spiro atoms. The van der Waals surface area contributed by atoms with Crippen molar-refractivity contribution in [1.29, 1.82) is 0 Å². The van der Waals surface area contributed by atoms with Crippen LogP contribution in [0.5, 0.6) is 0 Å². The van der Waals surface area contributed by atoms with Crippen molar-refractivity contribution < 1.29 is 9.53 Å². The molecule has 1 amide bonds. The molecule has 2 aromatic heterocycles. The molecule has 1 saturated carbocycles. The number of nitrogens with one attached hydrogen (secondary N) is 3. The van der Waals surface area contributed by atoms with Gasteiger partial charge in [0.2, 0.25) is 0 Å². The van der Waals surface area contributed by atoms with Crippen molar-refractivity contribution >= 4 is 22.8 Å². The molecule has 3 heterocycles. The van der Waals surface area contributed by atoms with Crippen LogP contribution in [0.4, 0.5) is 10.5 Å². The summed E-state index contributed by atoms with van der Waals surface area (Å²) >= 11 is 0. The number of ether oxygens (including phenoxy) is 1. The average molecular weight is 614 g/mol. The van der Waals surface area contributed by atoms with E-state index in [4.69, 9.17) is 10.5 Å². The van der Waals surface area contributed by atoms with Crippen LogP contribution in [0.15, 0.2) is 61.1 Å². The largest absolute Gasteiger partial charge is 0.444 e. The molecule has 1 aromatic carbocycles. The quantitative estimate of drug-likeness (QED) is 0.287. The molecule has 0 radical (unpaired) electrons. The number of nitrogens with zero attached hydrogens (tertiary/aromatic N) is 5. The second kappa shape index (κ2) is 12.6. The first kappa shape index (κ1) is 31.3. The van der Waals surface area contributed by atoms with E-state index in [1.165, 1.54) is 19.2 Å². The molecule has 6 rings (SSSR count). The Kier molecular flexibility index (Phi) is 8.80. The summed E-state index contributed by atoms with van der Waals surface area (Å²) in [5.74, 6) is 0.381. The maximum atomic E-state index is 12.6. The molecule has 3 aliphatic rings. The summed E-state index contributed by atoms with van der Waals surface area (Å²) in [5.41, 5.74) is 8.21.